The fourth-order valence-corrected chi connectivity index (χ4v) is 4.01. The highest BCUT2D eigenvalue weighted by atomic mass is 32.2. The molecule has 0 saturated carbocycles. The summed E-state index contributed by atoms with van der Waals surface area (Å²) < 4.78 is 11.9. The van der Waals surface area contributed by atoms with Crippen LogP contribution in [0.3, 0.4) is 0 Å². The molecule has 3 rings (SSSR count). The van der Waals surface area contributed by atoms with E-state index in [-0.39, 0.29) is 12.0 Å². The average Bonchev–Trinajstić information content (AvgIpc) is 2.96. The van der Waals surface area contributed by atoms with Gasteiger partial charge in [0.1, 0.15) is 0 Å². The van der Waals surface area contributed by atoms with E-state index in [1.165, 1.54) is 11.8 Å². The van der Waals surface area contributed by atoms with E-state index in [0.717, 1.165) is 23.2 Å². The van der Waals surface area contributed by atoms with Gasteiger partial charge in [-0.1, -0.05) is 54.7 Å². The molecule has 0 spiro atoms. The number of nitrogens with zero attached hydrogens (tertiary/aromatic N) is 1. The van der Waals surface area contributed by atoms with Crippen LogP contribution >= 0.6 is 24.0 Å². The van der Waals surface area contributed by atoms with Gasteiger partial charge in [0.25, 0.3) is 5.91 Å². The van der Waals surface area contributed by atoms with Crippen molar-refractivity contribution in [2.45, 2.75) is 33.3 Å². The van der Waals surface area contributed by atoms with Crippen molar-refractivity contribution < 1.29 is 14.3 Å². The second-order valence-electron chi connectivity index (χ2n) is 6.60. The van der Waals surface area contributed by atoms with Crippen molar-refractivity contribution in [3.05, 3.63) is 58.5 Å². The van der Waals surface area contributed by atoms with E-state index in [1.807, 2.05) is 62.4 Å². The van der Waals surface area contributed by atoms with Gasteiger partial charge in [0, 0.05) is 0 Å². The van der Waals surface area contributed by atoms with E-state index in [1.54, 1.807) is 12.0 Å². The van der Waals surface area contributed by atoms with Crippen molar-refractivity contribution >= 4 is 46.0 Å². The second kappa shape index (κ2) is 8.80. The monoisotopic (exact) mass is 413 g/mol. The highest BCUT2D eigenvalue weighted by molar-refractivity contribution is 8.27. The van der Waals surface area contributed by atoms with Crippen LogP contribution in [0.2, 0.25) is 0 Å². The van der Waals surface area contributed by atoms with Crippen molar-refractivity contribution in [3.63, 3.8) is 0 Å². The van der Waals surface area contributed by atoms with Crippen LogP contribution in [0, 0.1) is 6.92 Å². The second-order valence-corrected chi connectivity index (χ2v) is 8.28. The van der Waals surface area contributed by atoms with E-state index in [0.29, 0.717) is 20.7 Å². The maximum Gasteiger partial charge on any atom is 0.270 e. The van der Waals surface area contributed by atoms with Gasteiger partial charge in [-0.25, -0.2) is 0 Å². The molecule has 2 aromatic carbocycles. The van der Waals surface area contributed by atoms with Crippen LogP contribution in [-0.4, -0.2) is 23.4 Å². The highest BCUT2D eigenvalue weighted by Crippen LogP contribution is 2.37. The van der Waals surface area contributed by atoms with E-state index in [2.05, 4.69) is 6.92 Å². The van der Waals surface area contributed by atoms with Gasteiger partial charge in [-0.2, -0.15) is 0 Å². The standard InChI is InChI=1S/C22H23NO3S2/c1-5-15(3)26-18-11-8-16(12-19(18)25-4)13-20-21(24)23(22(27)28-20)17-9-6-14(2)7-10-17/h6-13,15H,5H2,1-4H3/b20-13+/t15-/m1/s1. The Morgan fingerprint density at radius 1 is 1.18 bits per heavy atom. The molecule has 28 heavy (non-hydrogen) atoms. The van der Waals surface area contributed by atoms with Crippen molar-refractivity contribution in [2.75, 3.05) is 12.0 Å². The van der Waals surface area contributed by atoms with Gasteiger partial charge >= 0.3 is 0 Å². The first-order valence-electron chi connectivity index (χ1n) is 9.12. The lowest BCUT2D eigenvalue weighted by Crippen LogP contribution is -2.27. The Hall–Kier alpha value is -2.31. The van der Waals surface area contributed by atoms with Gasteiger partial charge in [-0.3, -0.25) is 9.69 Å². The number of amides is 1. The highest BCUT2D eigenvalue weighted by Gasteiger charge is 2.33. The van der Waals surface area contributed by atoms with Crippen LogP contribution in [-0.2, 0) is 4.79 Å². The molecular weight excluding hydrogens is 390 g/mol. The number of ether oxygens (including phenoxy) is 2. The van der Waals surface area contributed by atoms with Crippen molar-refractivity contribution in [2.24, 2.45) is 0 Å². The lowest BCUT2D eigenvalue weighted by molar-refractivity contribution is -0.113. The predicted molar refractivity (Wildman–Crippen MR) is 120 cm³/mol. The Bertz CT molecular complexity index is 922. The molecule has 0 aliphatic carbocycles. The molecule has 0 radical (unpaired) electrons. The minimum absolute atomic E-state index is 0.102. The molecule has 1 atom stereocenters. The Labute approximate surface area is 175 Å². The largest absolute Gasteiger partial charge is 0.493 e. The number of carbonyl (C=O) groups is 1. The summed E-state index contributed by atoms with van der Waals surface area (Å²) in [6.45, 7) is 6.10. The smallest absolute Gasteiger partial charge is 0.270 e. The Balaban J connectivity index is 1.86. The molecule has 1 saturated heterocycles. The Kier molecular flexibility index (Phi) is 6.42. The summed E-state index contributed by atoms with van der Waals surface area (Å²) in [4.78, 5) is 15.1. The number of rotatable bonds is 6. The van der Waals surface area contributed by atoms with Crippen LogP contribution in [0.15, 0.2) is 47.4 Å². The first kappa shape index (κ1) is 20.4. The first-order chi connectivity index (χ1) is 13.4. The number of thiocarbonyl (C=S) groups is 1. The minimum atomic E-state index is -0.113. The molecule has 0 N–H and O–H groups in total. The summed E-state index contributed by atoms with van der Waals surface area (Å²) in [5.74, 6) is 1.22. The molecule has 6 heteroatoms. The maximum atomic E-state index is 12.9. The van der Waals surface area contributed by atoms with E-state index >= 15 is 0 Å². The van der Waals surface area contributed by atoms with Crippen LogP contribution in [0.4, 0.5) is 5.69 Å². The van der Waals surface area contributed by atoms with E-state index in [4.69, 9.17) is 21.7 Å². The number of aryl methyl sites for hydroxylation is 1. The quantitative estimate of drug-likeness (QED) is 0.456. The number of carbonyl (C=O) groups excluding carboxylic acids is 1. The van der Waals surface area contributed by atoms with Crippen LogP contribution in [0.5, 0.6) is 11.5 Å². The topological polar surface area (TPSA) is 38.8 Å². The minimum Gasteiger partial charge on any atom is -0.493 e. The van der Waals surface area contributed by atoms with E-state index < -0.39 is 0 Å². The molecule has 1 heterocycles. The molecule has 146 valence electrons. The lowest BCUT2D eigenvalue weighted by atomic mass is 10.1. The van der Waals surface area contributed by atoms with Crippen LogP contribution in [0.25, 0.3) is 6.08 Å². The number of hydrogen-bond donors (Lipinski definition) is 0. The molecule has 1 aliphatic heterocycles. The summed E-state index contributed by atoms with van der Waals surface area (Å²) in [6, 6.07) is 13.4. The van der Waals surface area contributed by atoms with Gasteiger partial charge in [0.15, 0.2) is 15.8 Å². The molecule has 1 aliphatic rings. The number of benzene rings is 2. The van der Waals surface area contributed by atoms with Gasteiger partial charge in [0.05, 0.1) is 23.8 Å². The zero-order chi connectivity index (χ0) is 20.3. The predicted octanol–water partition coefficient (Wildman–Crippen LogP) is 5.59. The van der Waals surface area contributed by atoms with Crippen molar-refractivity contribution in [1.29, 1.82) is 0 Å². The molecule has 1 fully saturated rings. The average molecular weight is 414 g/mol. The van der Waals surface area contributed by atoms with Crippen molar-refractivity contribution in [3.8, 4) is 11.5 Å². The molecule has 0 unspecified atom stereocenters. The lowest BCUT2D eigenvalue weighted by Gasteiger charge is -2.16. The summed E-state index contributed by atoms with van der Waals surface area (Å²) in [5, 5.41) is 0. The molecule has 0 bridgehead atoms. The third-order valence-corrected chi connectivity index (χ3v) is 5.78. The van der Waals surface area contributed by atoms with E-state index in [9.17, 15) is 4.79 Å². The van der Waals surface area contributed by atoms with Gasteiger partial charge in [-0.15, -0.1) is 0 Å². The van der Waals surface area contributed by atoms with Crippen LogP contribution in [0.1, 0.15) is 31.4 Å². The van der Waals surface area contributed by atoms with Gasteiger partial charge in [-0.05, 0) is 56.2 Å². The number of hydrogen-bond acceptors (Lipinski definition) is 5. The summed E-state index contributed by atoms with van der Waals surface area (Å²) >= 11 is 6.74. The zero-order valence-electron chi connectivity index (χ0n) is 16.4. The number of methoxy groups -OCH3 is 1. The summed E-state index contributed by atoms with van der Waals surface area (Å²) in [7, 11) is 1.61. The number of thioether (sulfide) groups is 1. The van der Waals surface area contributed by atoms with Crippen molar-refractivity contribution in [1.82, 2.24) is 0 Å². The fraction of sp³-hybridized carbons (Fsp3) is 0.273. The molecule has 2 aromatic rings. The zero-order valence-corrected chi connectivity index (χ0v) is 18.0. The fourth-order valence-electron chi connectivity index (χ4n) is 2.71. The van der Waals surface area contributed by atoms with Crippen LogP contribution < -0.4 is 14.4 Å². The van der Waals surface area contributed by atoms with Gasteiger partial charge < -0.3 is 9.47 Å². The summed E-state index contributed by atoms with van der Waals surface area (Å²) in [5.41, 5.74) is 2.78. The number of anilines is 1. The molecule has 1 amide bonds. The molecule has 0 aromatic heterocycles. The third-order valence-electron chi connectivity index (χ3n) is 4.47. The molecule has 4 nitrogen and oxygen atoms in total. The SMILES string of the molecule is CC[C@@H](C)Oc1ccc(/C=C2/SC(=S)N(c3ccc(C)cc3)C2=O)cc1OC. The first-order valence-corrected chi connectivity index (χ1v) is 10.3. The Morgan fingerprint density at radius 2 is 1.89 bits per heavy atom. The molecular formula is C22H23NO3S2. The third kappa shape index (κ3) is 4.39. The Morgan fingerprint density at radius 3 is 2.54 bits per heavy atom. The normalized spacial score (nSPS) is 16.6. The maximum absolute atomic E-state index is 12.9. The summed E-state index contributed by atoms with van der Waals surface area (Å²) in [6.07, 6.45) is 2.85. The van der Waals surface area contributed by atoms with Gasteiger partial charge in [0.2, 0.25) is 0 Å².